The van der Waals surface area contributed by atoms with Gasteiger partial charge in [0.05, 0.1) is 0 Å². The standard InChI is InChI=1S/C23H22N2O3/c1-18(26)25(21-10-6-3-7-11-21)16-23(27)24-20-12-14-22(15-13-20)28-17-19-8-4-2-5-9-19/h2-15H,16-17H2,1H3,(H,24,27). The number of hydrogen-bond donors (Lipinski definition) is 1. The van der Waals surface area contributed by atoms with Gasteiger partial charge in [-0.25, -0.2) is 0 Å². The summed E-state index contributed by atoms with van der Waals surface area (Å²) in [5.74, 6) is 0.263. The first kappa shape index (κ1) is 19.2. The van der Waals surface area contributed by atoms with Crippen molar-refractivity contribution in [3.8, 4) is 5.75 Å². The molecular formula is C23H22N2O3. The van der Waals surface area contributed by atoms with Gasteiger partial charge >= 0.3 is 0 Å². The number of para-hydroxylation sites is 1. The van der Waals surface area contributed by atoms with E-state index in [1.807, 2.05) is 48.5 Å². The van der Waals surface area contributed by atoms with E-state index >= 15 is 0 Å². The lowest BCUT2D eigenvalue weighted by molar-refractivity contribution is -0.120. The molecule has 28 heavy (non-hydrogen) atoms. The van der Waals surface area contributed by atoms with Crippen molar-refractivity contribution in [1.29, 1.82) is 0 Å². The second-order valence-electron chi connectivity index (χ2n) is 6.29. The Hall–Kier alpha value is -3.60. The average molecular weight is 374 g/mol. The third kappa shape index (κ3) is 5.45. The second-order valence-corrected chi connectivity index (χ2v) is 6.29. The maximum absolute atomic E-state index is 12.4. The molecule has 0 radical (unpaired) electrons. The van der Waals surface area contributed by atoms with Gasteiger partial charge in [0.2, 0.25) is 11.8 Å². The molecule has 5 heteroatoms. The topological polar surface area (TPSA) is 58.6 Å². The van der Waals surface area contributed by atoms with E-state index in [0.717, 1.165) is 11.3 Å². The number of amides is 2. The van der Waals surface area contributed by atoms with E-state index in [1.165, 1.54) is 11.8 Å². The Bertz CT molecular complexity index is 910. The van der Waals surface area contributed by atoms with Gasteiger partial charge in [-0.1, -0.05) is 48.5 Å². The zero-order chi connectivity index (χ0) is 19.8. The van der Waals surface area contributed by atoms with E-state index in [2.05, 4.69) is 5.32 Å². The summed E-state index contributed by atoms with van der Waals surface area (Å²) >= 11 is 0. The highest BCUT2D eigenvalue weighted by Gasteiger charge is 2.15. The first-order valence-electron chi connectivity index (χ1n) is 9.01. The maximum atomic E-state index is 12.4. The van der Waals surface area contributed by atoms with Gasteiger partial charge in [0.15, 0.2) is 0 Å². The first-order chi connectivity index (χ1) is 13.6. The van der Waals surface area contributed by atoms with Crippen molar-refractivity contribution < 1.29 is 14.3 Å². The van der Waals surface area contributed by atoms with Crippen molar-refractivity contribution in [2.24, 2.45) is 0 Å². The zero-order valence-electron chi connectivity index (χ0n) is 15.7. The van der Waals surface area contributed by atoms with Crippen LogP contribution in [0.1, 0.15) is 12.5 Å². The summed E-state index contributed by atoms with van der Waals surface area (Å²) in [6.07, 6.45) is 0. The number of ether oxygens (including phenoxy) is 1. The van der Waals surface area contributed by atoms with Gasteiger partial charge < -0.3 is 15.0 Å². The molecule has 0 spiro atoms. The molecule has 5 nitrogen and oxygen atoms in total. The molecule has 0 aliphatic carbocycles. The highest BCUT2D eigenvalue weighted by atomic mass is 16.5. The molecule has 0 saturated carbocycles. The number of nitrogens with one attached hydrogen (secondary N) is 1. The van der Waals surface area contributed by atoms with Gasteiger partial charge in [-0.2, -0.15) is 0 Å². The third-order valence-corrected chi connectivity index (χ3v) is 4.14. The van der Waals surface area contributed by atoms with Crippen LogP contribution in [0, 0.1) is 0 Å². The fourth-order valence-corrected chi connectivity index (χ4v) is 2.71. The number of carbonyl (C=O) groups excluding carboxylic acids is 2. The van der Waals surface area contributed by atoms with Crippen molar-refractivity contribution in [1.82, 2.24) is 0 Å². The molecule has 3 rings (SSSR count). The minimum absolute atomic E-state index is 0.0500. The van der Waals surface area contributed by atoms with Crippen molar-refractivity contribution in [3.63, 3.8) is 0 Å². The summed E-state index contributed by atoms with van der Waals surface area (Å²) < 4.78 is 5.74. The van der Waals surface area contributed by atoms with E-state index < -0.39 is 0 Å². The molecule has 0 heterocycles. The Kier molecular flexibility index (Phi) is 6.41. The van der Waals surface area contributed by atoms with Gasteiger partial charge in [-0.05, 0) is 42.0 Å². The van der Waals surface area contributed by atoms with Gasteiger partial charge in [0, 0.05) is 18.3 Å². The average Bonchev–Trinajstić information content (AvgIpc) is 2.73. The summed E-state index contributed by atoms with van der Waals surface area (Å²) in [5.41, 5.74) is 2.42. The van der Waals surface area contributed by atoms with Gasteiger partial charge in [-0.3, -0.25) is 9.59 Å². The normalized spacial score (nSPS) is 10.2. The number of nitrogens with zero attached hydrogens (tertiary/aromatic N) is 1. The Morgan fingerprint density at radius 1 is 0.857 bits per heavy atom. The molecule has 0 bridgehead atoms. The van der Waals surface area contributed by atoms with E-state index in [0.29, 0.717) is 18.0 Å². The molecule has 0 aromatic heterocycles. The number of hydrogen-bond acceptors (Lipinski definition) is 3. The predicted molar refractivity (Wildman–Crippen MR) is 110 cm³/mol. The van der Waals surface area contributed by atoms with Crippen molar-refractivity contribution in [3.05, 3.63) is 90.5 Å². The maximum Gasteiger partial charge on any atom is 0.244 e. The van der Waals surface area contributed by atoms with Crippen LogP contribution in [0.15, 0.2) is 84.9 Å². The summed E-state index contributed by atoms with van der Waals surface area (Å²) in [5, 5.41) is 2.81. The smallest absolute Gasteiger partial charge is 0.244 e. The predicted octanol–water partition coefficient (Wildman–Crippen LogP) is 4.26. The fourth-order valence-electron chi connectivity index (χ4n) is 2.71. The molecule has 0 unspecified atom stereocenters. The quantitative estimate of drug-likeness (QED) is 0.672. The minimum atomic E-state index is -0.267. The monoisotopic (exact) mass is 374 g/mol. The van der Waals surface area contributed by atoms with E-state index in [1.54, 1.807) is 36.4 Å². The summed E-state index contributed by atoms with van der Waals surface area (Å²) in [6, 6.07) is 26.2. The number of rotatable bonds is 7. The molecule has 0 fully saturated rings. The summed E-state index contributed by atoms with van der Waals surface area (Å²) in [6.45, 7) is 1.88. The van der Waals surface area contributed by atoms with Crippen LogP contribution in [0.4, 0.5) is 11.4 Å². The molecule has 2 amide bonds. The Balaban J connectivity index is 1.55. The second kappa shape index (κ2) is 9.37. The Labute approximate surface area is 164 Å². The van der Waals surface area contributed by atoms with Crippen LogP contribution < -0.4 is 15.0 Å². The largest absolute Gasteiger partial charge is 0.489 e. The van der Waals surface area contributed by atoms with Crippen LogP contribution in [0.3, 0.4) is 0 Å². The van der Waals surface area contributed by atoms with Crippen LogP contribution in [-0.2, 0) is 16.2 Å². The van der Waals surface area contributed by atoms with Gasteiger partial charge in [0.1, 0.15) is 18.9 Å². The SMILES string of the molecule is CC(=O)N(CC(=O)Nc1ccc(OCc2ccccc2)cc1)c1ccccc1. The van der Waals surface area contributed by atoms with E-state index in [9.17, 15) is 9.59 Å². The lowest BCUT2D eigenvalue weighted by Gasteiger charge is -2.20. The number of carbonyl (C=O) groups is 2. The van der Waals surface area contributed by atoms with Crippen LogP contribution in [0.25, 0.3) is 0 Å². The lowest BCUT2D eigenvalue weighted by Crippen LogP contribution is -2.36. The fraction of sp³-hybridized carbons (Fsp3) is 0.130. The molecule has 3 aromatic rings. The Morgan fingerprint density at radius 2 is 1.46 bits per heavy atom. The molecule has 0 saturated heterocycles. The van der Waals surface area contributed by atoms with Crippen molar-refractivity contribution >= 4 is 23.2 Å². The number of anilines is 2. The number of benzene rings is 3. The highest BCUT2D eigenvalue weighted by Crippen LogP contribution is 2.18. The molecular weight excluding hydrogens is 352 g/mol. The summed E-state index contributed by atoms with van der Waals surface area (Å²) in [7, 11) is 0. The van der Waals surface area contributed by atoms with Gasteiger partial charge in [0.25, 0.3) is 0 Å². The first-order valence-corrected chi connectivity index (χ1v) is 9.01. The van der Waals surface area contributed by atoms with Crippen molar-refractivity contribution in [2.45, 2.75) is 13.5 Å². The van der Waals surface area contributed by atoms with E-state index in [-0.39, 0.29) is 18.4 Å². The molecule has 1 N–H and O–H groups in total. The van der Waals surface area contributed by atoms with Crippen LogP contribution in [-0.4, -0.2) is 18.4 Å². The lowest BCUT2D eigenvalue weighted by atomic mass is 10.2. The molecule has 0 atom stereocenters. The van der Waals surface area contributed by atoms with Crippen molar-refractivity contribution in [2.75, 3.05) is 16.8 Å². The Morgan fingerprint density at radius 3 is 2.07 bits per heavy atom. The molecule has 3 aromatic carbocycles. The zero-order valence-corrected chi connectivity index (χ0v) is 15.7. The summed E-state index contributed by atoms with van der Waals surface area (Å²) in [4.78, 5) is 25.7. The van der Waals surface area contributed by atoms with Crippen LogP contribution in [0.2, 0.25) is 0 Å². The minimum Gasteiger partial charge on any atom is -0.489 e. The highest BCUT2D eigenvalue weighted by molar-refractivity contribution is 6.01. The van der Waals surface area contributed by atoms with Crippen LogP contribution in [0.5, 0.6) is 5.75 Å². The molecule has 142 valence electrons. The van der Waals surface area contributed by atoms with Crippen LogP contribution >= 0.6 is 0 Å². The van der Waals surface area contributed by atoms with Gasteiger partial charge in [-0.15, -0.1) is 0 Å². The third-order valence-electron chi connectivity index (χ3n) is 4.14. The molecule has 0 aliphatic heterocycles. The molecule has 0 aliphatic rings. The van der Waals surface area contributed by atoms with E-state index in [4.69, 9.17) is 4.74 Å².